The minimum absolute atomic E-state index is 0.00965. The summed E-state index contributed by atoms with van der Waals surface area (Å²) in [5.41, 5.74) is -0.193. The maximum Gasteiger partial charge on any atom is 0.573 e. The van der Waals surface area contributed by atoms with Crippen molar-refractivity contribution in [3.8, 4) is 5.75 Å². The maximum absolute atomic E-state index is 12.0. The molecule has 7 heteroatoms. The molecule has 0 unspecified atom stereocenters. The Morgan fingerprint density at radius 3 is 2.25 bits per heavy atom. The van der Waals surface area contributed by atoms with Crippen molar-refractivity contribution in [2.24, 2.45) is 0 Å². The summed E-state index contributed by atoms with van der Waals surface area (Å²) in [4.78, 5) is 11.7. The van der Waals surface area contributed by atoms with Crippen LogP contribution in [0.2, 0.25) is 0 Å². The molecule has 0 aliphatic carbocycles. The number of carbonyl (C=O) groups is 1. The Bertz CT molecular complexity index is 455. The van der Waals surface area contributed by atoms with Crippen LogP contribution in [-0.2, 0) is 11.2 Å². The van der Waals surface area contributed by atoms with Gasteiger partial charge in [-0.1, -0.05) is 12.1 Å². The molecule has 0 fully saturated rings. The molecule has 0 saturated heterocycles. The largest absolute Gasteiger partial charge is 0.573 e. The van der Waals surface area contributed by atoms with Crippen LogP contribution in [0, 0.1) is 0 Å². The van der Waals surface area contributed by atoms with Crippen molar-refractivity contribution < 1.29 is 27.8 Å². The van der Waals surface area contributed by atoms with Crippen molar-refractivity contribution in [2.45, 2.75) is 32.2 Å². The van der Waals surface area contributed by atoms with Gasteiger partial charge in [-0.05, 0) is 31.5 Å². The molecule has 0 aliphatic heterocycles. The van der Waals surface area contributed by atoms with Gasteiger partial charge in [0.15, 0.2) is 0 Å². The fourth-order valence-corrected chi connectivity index (χ4v) is 1.46. The monoisotopic (exact) mass is 291 g/mol. The number of carbonyl (C=O) groups excluding carboxylic acids is 1. The second-order valence-corrected chi connectivity index (χ2v) is 4.96. The number of ether oxygens (including phenoxy) is 1. The van der Waals surface area contributed by atoms with Crippen LogP contribution in [0.25, 0.3) is 0 Å². The van der Waals surface area contributed by atoms with E-state index in [0.717, 1.165) is 12.1 Å². The molecule has 20 heavy (non-hydrogen) atoms. The van der Waals surface area contributed by atoms with Gasteiger partial charge < -0.3 is 15.2 Å². The fourth-order valence-electron chi connectivity index (χ4n) is 1.46. The SMILES string of the molecule is CC(C)(CO)NC(=O)Cc1ccc(OC(F)(F)F)cc1. The first-order valence-corrected chi connectivity index (χ1v) is 5.88. The first-order valence-electron chi connectivity index (χ1n) is 5.88. The summed E-state index contributed by atoms with van der Waals surface area (Å²) in [7, 11) is 0. The lowest BCUT2D eigenvalue weighted by molar-refractivity contribution is -0.274. The first kappa shape index (κ1) is 16.3. The van der Waals surface area contributed by atoms with Crippen LogP contribution >= 0.6 is 0 Å². The summed E-state index contributed by atoms with van der Waals surface area (Å²) >= 11 is 0. The highest BCUT2D eigenvalue weighted by Crippen LogP contribution is 2.22. The normalized spacial score (nSPS) is 12.1. The van der Waals surface area contributed by atoms with Crippen LogP contribution in [0.4, 0.5) is 13.2 Å². The van der Waals surface area contributed by atoms with Gasteiger partial charge in [0.05, 0.1) is 18.6 Å². The first-order chi connectivity index (χ1) is 9.11. The lowest BCUT2D eigenvalue weighted by Gasteiger charge is -2.23. The minimum atomic E-state index is -4.73. The number of halogens is 3. The summed E-state index contributed by atoms with van der Waals surface area (Å²) in [5, 5.41) is 11.6. The fraction of sp³-hybridized carbons (Fsp3) is 0.462. The summed E-state index contributed by atoms with van der Waals surface area (Å²) in [5.74, 6) is -0.661. The van der Waals surface area contributed by atoms with Crippen LogP contribution in [0.15, 0.2) is 24.3 Å². The molecule has 0 atom stereocenters. The molecule has 0 bridgehead atoms. The summed E-state index contributed by atoms with van der Waals surface area (Å²) in [6.07, 6.45) is -4.72. The Kier molecular flexibility index (Phi) is 4.99. The Morgan fingerprint density at radius 2 is 1.80 bits per heavy atom. The third-order valence-corrected chi connectivity index (χ3v) is 2.39. The number of amides is 1. The Morgan fingerprint density at radius 1 is 1.25 bits per heavy atom. The smallest absolute Gasteiger partial charge is 0.406 e. The zero-order chi connectivity index (χ0) is 15.4. The van der Waals surface area contributed by atoms with Gasteiger partial charge in [-0.25, -0.2) is 0 Å². The number of rotatable bonds is 5. The van der Waals surface area contributed by atoms with E-state index in [2.05, 4.69) is 10.1 Å². The van der Waals surface area contributed by atoms with Gasteiger partial charge in [-0.3, -0.25) is 4.79 Å². The average Bonchev–Trinajstić information content (AvgIpc) is 2.29. The van der Waals surface area contributed by atoms with Crippen molar-refractivity contribution in [1.82, 2.24) is 5.32 Å². The van der Waals surface area contributed by atoms with Gasteiger partial charge in [0.25, 0.3) is 0 Å². The van der Waals surface area contributed by atoms with Crippen molar-refractivity contribution in [3.05, 3.63) is 29.8 Å². The highest BCUT2D eigenvalue weighted by Gasteiger charge is 2.31. The quantitative estimate of drug-likeness (QED) is 0.872. The van der Waals surface area contributed by atoms with Crippen LogP contribution in [0.3, 0.4) is 0 Å². The predicted molar refractivity (Wildman–Crippen MR) is 66.1 cm³/mol. The van der Waals surface area contributed by atoms with Gasteiger partial charge in [0.2, 0.25) is 5.91 Å². The van der Waals surface area contributed by atoms with Crippen molar-refractivity contribution in [3.63, 3.8) is 0 Å². The van der Waals surface area contributed by atoms with Crippen molar-refractivity contribution in [2.75, 3.05) is 6.61 Å². The molecule has 0 spiro atoms. The van der Waals surface area contributed by atoms with E-state index >= 15 is 0 Å². The van der Waals surface area contributed by atoms with Crippen LogP contribution in [0.1, 0.15) is 19.4 Å². The second kappa shape index (κ2) is 6.13. The second-order valence-electron chi connectivity index (χ2n) is 4.96. The molecular formula is C13H16F3NO3. The lowest BCUT2D eigenvalue weighted by Crippen LogP contribution is -2.46. The standard InChI is InChI=1S/C13H16F3NO3/c1-12(2,8-18)17-11(19)7-9-3-5-10(6-4-9)20-13(14,15)16/h3-6,18H,7-8H2,1-2H3,(H,17,19). The average molecular weight is 291 g/mol. The zero-order valence-corrected chi connectivity index (χ0v) is 11.1. The topological polar surface area (TPSA) is 58.6 Å². The molecule has 0 radical (unpaired) electrons. The predicted octanol–water partition coefficient (Wildman–Crippen LogP) is 2.01. The number of hydrogen-bond acceptors (Lipinski definition) is 3. The number of alkyl halides is 3. The number of benzene rings is 1. The van der Waals surface area contributed by atoms with Crippen molar-refractivity contribution >= 4 is 5.91 Å². The third-order valence-electron chi connectivity index (χ3n) is 2.39. The number of hydrogen-bond donors (Lipinski definition) is 2. The van der Waals surface area contributed by atoms with E-state index in [-0.39, 0.29) is 24.7 Å². The zero-order valence-electron chi connectivity index (χ0n) is 11.1. The van der Waals surface area contributed by atoms with Gasteiger partial charge >= 0.3 is 6.36 Å². The molecule has 0 aromatic heterocycles. The minimum Gasteiger partial charge on any atom is -0.406 e. The molecule has 1 rings (SSSR count). The maximum atomic E-state index is 12.0. The molecule has 0 saturated carbocycles. The molecule has 1 aromatic carbocycles. The number of aliphatic hydroxyl groups is 1. The highest BCUT2D eigenvalue weighted by molar-refractivity contribution is 5.79. The lowest BCUT2D eigenvalue weighted by atomic mass is 10.1. The summed E-state index contributed by atoms with van der Waals surface area (Å²) in [6.45, 7) is 3.10. The summed E-state index contributed by atoms with van der Waals surface area (Å²) < 4.78 is 39.6. The molecule has 0 heterocycles. The van der Waals surface area contributed by atoms with E-state index in [9.17, 15) is 18.0 Å². The molecule has 0 aliphatic rings. The van der Waals surface area contributed by atoms with Gasteiger partial charge in [0.1, 0.15) is 5.75 Å². The molecule has 4 nitrogen and oxygen atoms in total. The Hall–Kier alpha value is -1.76. The third kappa shape index (κ3) is 5.92. The van der Waals surface area contributed by atoms with E-state index in [1.807, 2.05) is 0 Å². The van der Waals surface area contributed by atoms with Gasteiger partial charge in [-0.2, -0.15) is 0 Å². The van der Waals surface area contributed by atoms with E-state index < -0.39 is 11.9 Å². The molecule has 1 aromatic rings. The Balaban J connectivity index is 2.60. The van der Waals surface area contributed by atoms with E-state index in [4.69, 9.17) is 5.11 Å². The van der Waals surface area contributed by atoms with E-state index in [0.29, 0.717) is 5.56 Å². The van der Waals surface area contributed by atoms with E-state index in [1.165, 1.54) is 12.1 Å². The van der Waals surface area contributed by atoms with Gasteiger partial charge in [0, 0.05) is 0 Å². The molecular weight excluding hydrogens is 275 g/mol. The molecule has 2 N–H and O–H groups in total. The summed E-state index contributed by atoms with van der Waals surface area (Å²) in [6, 6.07) is 5.06. The van der Waals surface area contributed by atoms with Gasteiger partial charge in [-0.15, -0.1) is 13.2 Å². The van der Waals surface area contributed by atoms with Crippen LogP contribution in [0.5, 0.6) is 5.75 Å². The molecule has 1 amide bonds. The highest BCUT2D eigenvalue weighted by atomic mass is 19.4. The number of aliphatic hydroxyl groups excluding tert-OH is 1. The van der Waals surface area contributed by atoms with Crippen LogP contribution in [-0.4, -0.2) is 29.5 Å². The van der Waals surface area contributed by atoms with Crippen molar-refractivity contribution in [1.29, 1.82) is 0 Å². The van der Waals surface area contributed by atoms with E-state index in [1.54, 1.807) is 13.8 Å². The Labute approximate surface area is 114 Å². The number of nitrogens with one attached hydrogen (secondary N) is 1. The van der Waals surface area contributed by atoms with Crippen LogP contribution < -0.4 is 10.1 Å². The molecule has 112 valence electrons.